The van der Waals surface area contributed by atoms with Crippen molar-refractivity contribution >= 4 is 41.3 Å². The molecule has 3 N–H and O–H groups in total. The third kappa shape index (κ3) is 4.14. The van der Waals surface area contributed by atoms with Crippen LogP contribution in [-0.4, -0.2) is 18.0 Å². The molecule has 1 unspecified atom stereocenters. The Morgan fingerprint density at radius 3 is 2.53 bits per heavy atom. The Morgan fingerprint density at radius 1 is 1.59 bits per heavy atom. The second-order valence-corrected chi connectivity index (χ2v) is 6.05. The first kappa shape index (κ1) is 16.7. The highest BCUT2D eigenvalue weighted by molar-refractivity contribution is 7.18. The van der Waals surface area contributed by atoms with Crippen molar-refractivity contribution in [1.29, 1.82) is 0 Å². The molecule has 1 aromatic heterocycles. The first-order valence-electron chi connectivity index (χ1n) is 5.17. The van der Waals surface area contributed by atoms with Gasteiger partial charge in [-0.05, 0) is 25.0 Å². The van der Waals surface area contributed by atoms with E-state index >= 15 is 0 Å². The van der Waals surface area contributed by atoms with Gasteiger partial charge >= 0.3 is 0 Å². The minimum Gasteiger partial charge on any atom is -0.345 e. The van der Waals surface area contributed by atoms with E-state index in [-0.39, 0.29) is 29.8 Å². The molecule has 0 saturated carbocycles. The van der Waals surface area contributed by atoms with Crippen LogP contribution in [-0.2, 0) is 0 Å². The fourth-order valence-electron chi connectivity index (χ4n) is 1.19. The Labute approximate surface area is 117 Å². The molecule has 1 aromatic rings. The molecule has 1 amide bonds. The number of amides is 1. The summed E-state index contributed by atoms with van der Waals surface area (Å²) >= 11 is 7.06. The van der Waals surface area contributed by atoms with Crippen molar-refractivity contribution in [2.45, 2.75) is 26.3 Å². The van der Waals surface area contributed by atoms with Crippen molar-refractivity contribution in [3.8, 4) is 0 Å². The first-order valence-corrected chi connectivity index (χ1v) is 6.36. The molecule has 1 rings (SSSR count). The number of rotatable bonds is 4. The Morgan fingerprint density at radius 2 is 2.18 bits per heavy atom. The predicted octanol–water partition coefficient (Wildman–Crippen LogP) is 2.93. The van der Waals surface area contributed by atoms with Gasteiger partial charge in [-0.25, -0.2) is 0 Å². The largest absolute Gasteiger partial charge is 0.345 e. The molecule has 17 heavy (non-hydrogen) atoms. The van der Waals surface area contributed by atoms with E-state index < -0.39 is 0 Å². The second kappa shape index (κ2) is 6.59. The lowest BCUT2D eigenvalue weighted by Crippen LogP contribution is -2.54. The maximum atomic E-state index is 11.9. The van der Waals surface area contributed by atoms with Gasteiger partial charge in [0, 0.05) is 6.54 Å². The molecule has 1 atom stereocenters. The van der Waals surface area contributed by atoms with E-state index in [2.05, 4.69) is 5.32 Å². The van der Waals surface area contributed by atoms with Gasteiger partial charge in [0.15, 0.2) is 0 Å². The average Bonchev–Trinajstić information content (AvgIpc) is 2.64. The minimum absolute atomic E-state index is 0. The highest BCUT2D eigenvalue weighted by Crippen LogP contribution is 2.23. The molecule has 0 bridgehead atoms. The number of thiophene rings is 1. The summed E-state index contributed by atoms with van der Waals surface area (Å²) in [4.78, 5) is 12.5. The van der Waals surface area contributed by atoms with Crippen molar-refractivity contribution in [2.24, 2.45) is 11.7 Å². The Balaban J connectivity index is 0.00000256. The zero-order valence-electron chi connectivity index (χ0n) is 10.1. The van der Waals surface area contributed by atoms with Gasteiger partial charge in [-0.2, -0.15) is 0 Å². The Bertz CT molecular complexity index is 381. The quantitative estimate of drug-likeness (QED) is 0.897. The monoisotopic (exact) mass is 296 g/mol. The molecule has 6 heteroatoms. The highest BCUT2D eigenvalue weighted by atomic mass is 35.5. The van der Waals surface area contributed by atoms with Crippen LogP contribution in [0, 0.1) is 5.92 Å². The zero-order valence-corrected chi connectivity index (χ0v) is 12.5. The number of halogens is 2. The summed E-state index contributed by atoms with van der Waals surface area (Å²) in [6.45, 7) is 6.43. The van der Waals surface area contributed by atoms with E-state index in [0.717, 1.165) is 0 Å². The maximum absolute atomic E-state index is 11.9. The standard InChI is InChI=1S/C11H17ClN2OS.ClH/c1-7(2)11(3,6-13)14-10(15)8-4-5-9(12)16-8;/h4-5,7H,6,13H2,1-3H3,(H,14,15);1H. The smallest absolute Gasteiger partial charge is 0.261 e. The summed E-state index contributed by atoms with van der Waals surface area (Å²) in [5, 5.41) is 2.96. The van der Waals surface area contributed by atoms with Crippen molar-refractivity contribution in [2.75, 3.05) is 6.54 Å². The Kier molecular flexibility index (Phi) is 6.48. The summed E-state index contributed by atoms with van der Waals surface area (Å²) < 4.78 is 0.615. The van der Waals surface area contributed by atoms with Crippen molar-refractivity contribution in [3.63, 3.8) is 0 Å². The van der Waals surface area contributed by atoms with Gasteiger partial charge in [0.25, 0.3) is 5.91 Å². The molecule has 0 aliphatic heterocycles. The summed E-state index contributed by atoms with van der Waals surface area (Å²) in [5.41, 5.74) is 5.32. The molecule has 0 aliphatic carbocycles. The molecular weight excluding hydrogens is 279 g/mol. The minimum atomic E-state index is -0.381. The van der Waals surface area contributed by atoms with Crippen LogP contribution in [0.2, 0.25) is 4.34 Å². The summed E-state index contributed by atoms with van der Waals surface area (Å²) in [6, 6.07) is 3.44. The van der Waals surface area contributed by atoms with Crippen LogP contribution in [0.25, 0.3) is 0 Å². The molecular formula is C11H18Cl2N2OS. The van der Waals surface area contributed by atoms with Crippen LogP contribution in [0.3, 0.4) is 0 Å². The number of nitrogens with two attached hydrogens (primary N) is 1. The normalized spacial score (nSPS) is 14.0. The molecule has 0 aliphatic rings. The first-order chi connectivity index (χ1) is 7.39. The van der Waals surface area contributed by atoms with Crippen LogP contribution < -0.4 is 11.1 Å². The third-order valence-corrected chi connectivity index (χ3v) is 4.12. The maximum Gasteiger partial charge on any atom is 0.261 e. The highest BCUT2D eigenvalue weighted by Gasteiger charge is 2.29. The van der Waals surface area contributed by atoms with Crippen LogP contribution >= 0.6 is 35.3 Å². The van der Waals surface area contributed by atoms with Gasteiger partial charge < -0.3 is 11.1 Å². The third-order valence-electron chi connectivity index (χ3n) is 2.89. The van der Waals surface area contributed by atoms with E-state index in [1.54, 1.807) is 12.1 Å². The molecule has 3 nitrogen and oxygen atoms in total. The summed E-state index contributed by atoms with van der Waals surface area (Å²) in [6.07, 6.45) is 0. The lowest BCUT2D eigenvalue weighted by molar-refractivity contribution is 0.0887. The topological polar surface area (TPSA) is 55.1 Å². The van der Waals surface area contributed by atoms with E-state index in [0.29, 0.717) is 15.8 Å². The number of carbonyl (C=O) groups excluding carboxylic acids is 1. The van der Waals surface area contributed by atoms with Crippen molar-refractivity contribution < 1.29 is 4.79 Å². The van der Waals surface area contributed by atoms with E-state index in [1.807, 2.05) is 20.8 Å². The number of carbonyl (C=O) groups is 1. The van der Waals surface area contributed by atoms with E-state index in [4.69, 9.17) is 17.3 Å². The van der Waals surface area contributed by atoms with Gasteiger partial charge in [0.05, 0.1) is 14.8 Å². The lowest BCUT2D eigenvalue weighted by atomic mass is 9.88. The van der Waals surface area contributed by atoms with Crippen molar-refractivity contribution in [3.05, 3.63) is 21.3 Å². The zero-order chi connectivity index (χ0) is 12.3. The van der Waals surface area contributed by atoms with Crippen molar-refractivity contribution in [1.82, 2.24) is 5.32 Å². The molecule has 0 aromatic carbocycles. The molecule has 0 saturated heterocycles. The van der Waals surface area contributed by atoms with Gasteiger partial charge in [-0.3, -0.25) is 4.79 Å². The molecule has 0 spiro atoms. The van der Waals surface area contributed by atoms with Gasteiger partial charge in [0.1, 0.15) is 0 Å². The Hall–Kier alpha value is -0.290. The molecule has 98 valence electrons. The number of hydrogen-bond donors (Lipinski definition) is 2. The molecule has 0 radical (unpaired) electrons. The van der Waals surface area contributed by atoms with Crippen LogP contribution in [0.15, 0.2) is 12.1 Å². The second-order valence-electron chi connectivity index (χ2n) is 4.33. The number of hydrogen-bond acceptors (Lipinski definition) is 3. The van der Waals surface area contributed by atoms with Crippen LogP contribution in [0.5, 0.6) is 0 Å². The fourth-order valence-corrected chi connectivity index (χ4v) is 2.13. The molecule has 1 heterocycles. The summed E-state index contributed by atoms with van der Waals surface area (Å²) in [7, 11) is 0. The van der Waals surface area contributed by atoms with Crippen LogP contribution in [0.4, 0.5) is 0 Å². The average molecular weight is 297 g/mol. The number of nitrogens with one attached hydrogen (secondary N) is 1. The molecule has 0 fully saturated rings. The summed E-state index contributed by atoms with van der Waals surface area (Å²) in [5.74, 6) is 0.162. The van der Waals surface area contributed by atoms with E-state index in [1.165, 1.54) is 11.3 Å². The van der Waals surface area contributed by atoms with Crippen LogP contribution in [0.1, 0.15) is 30.4 Å². The van der Waals surface area contributed by atoms with Gasteiger partial charge in [0.2, 0.25) is 0 Å². The van der Waals surface area contributed by atoms with E-state index in [9.17, 15) is 4.79 Å². The SMILES string of the molecule is CC(C)C(C)(CN)NC(=O)c1ccc(Cl)s1.Cl. The fraction of sp³-hybridized carbons (Fsp3) is 0.545. The lowest BCUT2D eigenvalue weighted by Gasteiger charge is -2.33. The van der Waals surface area contributed by atoms with Gasteiger partial charge in [-0.15, -0.1) is 23.7 Å². The van der Waals surface area contributed by atoms with Gasteiger partial charge in [-0.1, -0.05) is 25.4 Å². The predicted molar refractivity (Wildman–Crippen MR) is 76.3 cm³/mol.